The van der Waals surface area contributed by atoms with Crippen molar-refractivity contribution >= 4 is 0 Å². The fourth-order valence-corrected chi connectivity index (χ4v) is 1.80. The molecule has 14 heavy (non-hydrogen) atoms. The van der Waals surface area contributed by atoms with Gasteiger partial charge in [0.2, 0.25) is 0 Å². The van der Waals surface area contributed by atoms with Crippen molar-refractivity contribution in [1.82, 2.24) is 4.57 Å². The number of aryl methyl sites for hydroxylation is 1. The van der Waals surface area contributed by atoms with E-state index in [1.54, 1.807) is 0 Å². The van der Waals surface area contributed by atoms with E-state index in [4.69, 9.17) is 5.73 Å². The van der Waals surface area contributed by atoms with E-state index in [0.717, 1.165) is 6.54 Å². The molecular weight excluding hydrogens is 172 g/mol. The van der Waals surface area contributed by atoms with Gasteiger partial charge in [-0.25, -0.2) is 0 Å². The van der Waals surface area contributed by atoms with Crippen LogP contribution in [0.2, 0.25) is 0 Å². The lowest BCUT2D eigenvalue weighted by Crippen LogP contribution is -2.17. The maximum absolute atomic E-state index is 5.68. The van der Waals surface area contributed by atoms with Gasteiger partial charge in [0.1, 0.15) is 0 Å². The molecule has 2 nitrogen and oxygen atoms in total. The average molecular weight is 194 g/mol. The van der Waals surface area contributed by atoms with Crippen LogP contribution in [0.1, 0.15) is 37.7 Å². The highest BCUT2D eigenvalue weighted by Gasteiger charge is 2.15. The van der Waals surface area contributed by atoms with Crippen molar-refractivity contribution in [3.05, 3.63) is 23.0 Å². The highest BCUT2D eigenvalue weighted by Crippen LogP contribution is 2.22. The topological polar surface area (TPSA) is 30.9 Å². The molecule has 1 heterocycles. The monoisotopic (exact) mass is 194 g/mol. The third-order valence-corrected chi connectivity index (χ3v) is 2.53. The van der Waals surface area contributed by atoms with Gasteiger partial charge in [-0.3, -0.25) is 0 Å². The minimum atomic E-state index is 0.320. The summed E-state index contributed by atoms with van der Waals surface area (Å²) >= 11 is 0. The van der Waals surface area contributed by atoms with Crippen LogP contribution in [0.4, 0.5) is 0 Å². The Kier molecular flexibility index (Phi) is 3.05. The summed E-state index contributed by atoms with van der Waals surface area (Å²) in [5.41, 5.74) is 9.91. The van der Waals surface area contributed by atoms with Gasteiger partial charge in [-0.1, -0.05) is 20.8 Å². The molecule has 0 radical (unpaired) electrons. The van der Waals surface area contributed by atoms with Gasteiger partial charge in [-0.05, 0) is 30.9 Å². The Morgan fingerprint density at radius 2 is 1.86 bits per heavy atom. The van der Waals surface area contributed by atoms with Gasteiger partial charge in [0.15, 0.2) is 0 Å². The zero-order valence-corrected chi connectivity index (χ0v) is 10.0. The van der Waals surface area contributed by atoms with Crippen molar-refractivity contribution in [3.8, 4) is 0 Å². The summed E-state index contributed by atoms with van der Waals surface area (Å²) < 4.78 is 2.36. The molecule has 0 unspecified atom stereocenters. The van der Waals surface area contributed by atoms with E-state index in [1.165, 1.54) is 17.0 Å². The first-order chi connectivity index (χ1) is 6.35. The SMILES string of the molecule is Cc1cc(CN)c(C)n1CC(C)(C)C. The normalized spacial score (nSPS) is 12.1. The van der Waals surface area contributed by atoms with Gasteiger partial charge in [-0.15, -0.1) is 0 Å². The molecule has 2 N–H and O–H groups in total. The molecule has 0 saturated carbocycles. The fourth-order valence-electron chi connectivity index (χ4n) is 1.80. The lowest BCUT2D eigenvalue weighted by molar-refractivity contribution is 0.337. The highest BCUT2D eigenvalue weighted by atomic mass is 15.0. The Bertz CT molecular complexity index is 316. The van der Waals surface area contributed by atoms with Crippen LogP contribution in [0.3, 0.4) is 0 Å². The number of hydrogen-bond acceptors (Lipinski definition) is 1. The first kappa shape index (κ1) is 11.3. The first-order valence-electron chi connectivity index (χ1n) is 5.21. The molecule has 1 rings (SSSR count). The molecule has 0 fully saturated rings. The molecular formula is C12H22N2. The number of hydrogen-bond donors (Lipinski definition) is 1. The molecule has 0 aromatic carbocycles. The lowest BCUT2D eigenvalue weighted by Gasteiger charge is -2.22. The van der Waals surface area contributed by atoms with Crippen molar-refractivity contribution in [1.29, 1.82) is 0 Å². The van der Waals surface area contributed by atoms with Crippen molar-refractivity contribution in [3.63, 3.8) is 0 Å². The minimum Gasteiger partial charge on any atom is -0.348 e. The summed E-state index contributed by atoms with van der Waals surface area (Å²) in [5.74, 6) is 0. The van der Waals surface area contributed by atoms with E-state index in [0.29, 0.717) is 12.0 Å². The van der Waals surface area contributed by atoms with Gasteiger partial charge < -0.3 is 10.3 Å². The van der Waals surface area contributed by atoms with Crippen LogP contribution < -0.4 is 5.73 Å². The molecule has 0 amide bonds. The van der Waals surface area contributed by atoms with Crippen molar-refractivity contribution in [2.75, 3.05) is 0 Å². The molecule has 1 aromatic rings. The molecule has 0 spiro atoms. The molecule has 1 aromatic heterocycles. The van der Waals surface area contributed by atoms with E-state index in [2.05, 4.69) is 45.3 Å². The smallest absolute Gasteiger partial charge is 0.0273 e. The Balaban J connectivity index is 3.03. The third kappa shape index (κ3) is 2.38. The molecule has 2 heteroatoms. The van der Waals surface area contributed by atoms with E-state index in [-0.39, 0.29) is 0 Å². The number of aromatic nitrogens is 1. The highest BCUT2D eigenvalue weighted by molar-refractivity contribution is 5.26. The molecule has 0 aliphatic rings. The lowest BCUT2D eigenvalue weighted by atomic mass is 9.96. The third-order valence-electron chi connectivity index (χ3n) is 2.53. The van der Waals surface area contributed by atoms with Crippen LogP contribution >= 0.6 is 0 Å². The quantitative estimate of drug-likeness (QED) is 0.771. The summed E-state index contributed by atoms with van der Waals surface area (Å²) in [6, 6.07) is 2.20. The standard InChI is InChI=1S/C12H22N2/c1-9-6-11(7-13)10(2)14(9)8-12(3,4)5/h6H,7-8,13H2,1-5H3. The largest absolute Gasteiger partial charge is 0.348 e. The van der Waals surface area contributed by atoms with E-state index in [9.17, 15) is 0 Å². The molecule has 0 aliphatic heterocycles. The molecule has 0 atom stereocenters. The maximum Gasteiger partial charge on any atom is 0.0273 e. The van der Waals surface area contributed by atoms with Crippen LogP contribution in [0, 0.1) is 19.3 Å². The maximum atomic E-state index is 5.68. The Morgan fingerprint density at radius 1 is 1.29 bits per heavy atom. The number of nitrogens with two attached hydrogens (primary N) is 1. The van der Waals surface area contributed by atoms with Crippen LogP contribution in [0.25, 0.3) is 0 Å². The van der Waals surface area contributed by atoms with Crippen LogP contribution in [-0.2, 0) is 13.1 Å². The fraction of sp³-hybridized carbons (Fsp3) is 0.667. The first-order valence-corrected chi connectivity index (χ1v) is 5.21. The number of nitrogens with zero attached hydrogens (tertiary/aromatic N) is 1. The zero-order chi connectivity index (χ0) is 10.9. The average Bonchev–Trinajstić information content (AvgIpc) is 2.29. The molecule has 80 valence electrons. The molecule has 0 saturated heterocycles. The van der Waals surface area contributed by atoms with Crippen LogP contribution in [-0.4, -0.2) is 4.57 Å². The molecule has 0 bridgehead atoms. The van der Waals surface area contributed by atoms with Gasteiger partial charge in [0.05, 0.1) is 0 Å². The van der Waals surface area contributed by atoms with Gasteiger partial charge >= 0.3 is 0 Å². The van der Waals surface area contributed by atoms with E-state index >= 15 is 0 Å². The summed E-state index contributed by atoms with van der Waals surface area (Å²) in [6.07, 6.45) is 0. The summed E-state index contributed by atoms with van der Waals surface area (Å²) in [4.78, 5) is 0. The predicted octanol–water partition coefficient (Wildman–Crippen LogP) is 2.61. The second-order valence-electron chi connectivity index (χ2n) is 5.25. The van der Waals surface area contributed by atoms with Gasteiger partial charge in [0, 0.05) is 24.5 Å². The summed E-state index contributed by atoms with van der Waals surface area (Å²) in [6.45, 7) is 12.8. The Morgan fingerprint density at radius 3 is 2.21 bits per heavy atom. The van der Waals surface area contributed by atoms with Gasteiger partial charge in [0.25, 0.3) is 0 Å². The van der Waals surface area contributed by atoms with E-state index < -0.39 is 0 Å². The zero-order valence-electron chi connectivity index (χ0n) is 10.0. The number of rotatable bonds is 2. The Labute approximate surface area is 87.1 Å². The van der Waals surface area contributed by atoms with E-state index in [1.807, 2.05) is 0 Å². The van der Waals surface area contributed by atoms with Gasteiger partial charge in [-0.2, -0.15) is 0 Å². The summed E-state index contributed by atoms with van der Waals surface area (Å²) in [5, 5.41) is 0. The van der Waals surface area contributed by atoms with Crippen molar-refractivity contribution in [2.45, 2.75) is 47.7 Å². The second-order valence-corrected chi connectivity index (χ2v) is 5.25. The van der Waals surface area contributed by atoms with Crippen molar-refractivity contribution < 1.29 is 0 Å². The van der Waals surface area contributed by atoms with Crippen LogP contribution in [0.15, 0.2) is 6.07 Å². The molecule has 0 aliphatic carbocycles. The van der Waals surface area contributed by atoms with Crippen molar-refractivity contribution in [2.24, 2.45) is 11.1 Å². The predicted molar refractivity (Wildman–Crippen MR) is 61.3 cm³/mol. The second kappa shape index (κ2) is 3.77. The Hall–Kier alpha value is -0.760. The van der Waals surface area contributed by atoms with Crippen LogP contribution in [0.5, 0.6) is 0 Å². The minimum absolute atomic E-state index is 0.320. The summed E-state index contributed by atoms with van der Waals surface area (Å²) in [7, 11) is 0.